The summed E-state index contributed by atoms with van der Waals surface area (Å²) < 4.78 is 13.2. The smallest absolute Gasteiger partial charge is 0.274 e. The number of nitrogens with zero attached hydrogens (tertiary/aromatic N) is 1. The Morgan fingerprint density at radius 3 is 2.74 bits per heavy atom. The zero-order valence-corrected chi connectivity index (χ0v) is 11.1. The predicted octanol–water partition coefficient (Wildman–Crippen LogP) is 2.37. The van der Waals surface area contributed by atoms with Gasteiger partial charge in [0.25, 0.3) is 5.69 Å². The van der Waals surface area contributed by atoms with E-state index in [1.165, 1.54) is 12.1 Å². The van der Waals surface area contributed by atoms with Crippen molar-refractivity contribution in [2.75, 3.05) is 6.61 Å². The maximum atomic E-state index is 13.2. The lowest BCUT2D eigenvalue weighted by atomic mass is 9.94. The van der Waals surface area contributed by atoms with Crippen LogP contribution in [0.5, 0.6) is 0 Å². The Kier molecular flexibility index (Phi) is 5.38. The second-order valence-corrected chi connectivity index (χ2v) is 4.77. The lowest BCUT2D eigenvalue weighted by molar-refractivity contribution is -0.385. The fourth-order valence-electron chi connectivity index (χ4n) is 1.82. The number of hydrogen-bond acceptors (Lipinski definition) is 4. The van der Waals surface area contributed by atoms with E-state index in [0.717, 1.165) is 12.5 Å². The molecule has 0 saturated heterocycles. The van der Waals surface area contributed by atoms with Gasteiger partial charge >= 0.3 is 0 Å². The Hall–Kier alpha value is -1.53. The molecule has 1 unspecified atom stereocenters. The zero-order valence-electron chi connectivity index (χ0n) is 11.1. The maximum Gasteiger partial charge on any atom is 0.274 e. The number of benzene rings is 1. The fraction of sp³-hybridized carbons (Fsp3) is 0.538. The second-order valence-electron chi connectivity index (χ2n) is 4.77. The average molecular weight is 270 g/mol. The molecule has 1 aromatic carbocycles. The molecule has 0 heterocycles. The van der Waals surface area contributed by atoms with Crippen LogP contribution in [-0.4, -0.2) is 22.2 Å². The van der Waals surface area contributed by atoms with Crippen LogP contribution in [0.1, 0.15) is 32.3 Å². The van der Waals surface area contributed by atoms with Gasteiger partial charge in [-0.1, -0.05) is 6.92 Å². The van der Waals surface area contributed by atoms with E-state index in [2.05, 4.69) is 5.32 Å². The first-order valence-corrected chi connectivity index (χ1v) is 6.20. The van der Waals surface area contributed by atoms with E-state index in [4.69, 9.17) is 5.11 Å². The van der Waals surface area contributed by atoms with Gasteiger partial charge in [0.2, 0.25) is 0 Å². The van der Waals surface area contributed by atoms with Crippen LogP contribution >= 0.6 is 0 Å². The van der Waals surface area contributed by atoms with E-state index >= 15 is 0 Å². The van der Waals surface area contributed by atoms with Gasteiger partial charge in [-0.2, -0.15) is 0 Å². The molecule has 0 aliphatic carbocycles. The molecule has 0 spiro atoms. The molecule has 0 radical (unpaired) electrons. The van der Waals surface area contributed by atoms with Crippen molar-refractivity contribution >= 4 is 5.69 Å². The molecule has 0 aliphatic heterocycles. The largest absolute Gasteiger partial charge is 0.396 e. The van der Waals surface area contributed by atoms with Crippen molar-refractivity contribution in [3.05, 3.63) is 39.7 Å². The Morgan fingerprint density at radius 1 is 1.53 bits per heavy atom. The fourth-order valence-corrected chi connectivity index (χ4v) is 1.82. The highest BCUT2D eigenvalue weighted by atomic mass is 19.1. The van der Waals surface area contributed by atoms with Gasteiger partial charge in [0, 0.05) is 30.3 Å². The van der Waals surface area contributed by atoms with Gasteiger partial charge in [-0.15, -0.1) is 0 Å². The zero-order chi connectivity index (χ0) is 14.5. The quantitative estimate of drug-likeness (QED) is 0.589. The van der Waals surface area contributed by atoms with Crippen LogP contribution in [0.15, 0.2) is 18.2 Å². The van der Waals surface area contributed by atoms with Gasteiger partial charge in [0.05, 0.1) is 4.92 Å². The monoisotopic (exact) mass is 270 g/mol. The third-order valence-electron chi connectivity index (χ3n) is 3.39. The summed E-state index contributed by atoms with van der Waals surface area (Å²) in [5, 5.41) is 23.0. The Morgan fingerprint density at radius 2 is 2.21 bits per heavy atom. The number of hydrogen-bond donors (Lipinski definition) is 2. The van der Waals surface area contributed by atoms with Crippen molar-refractivity contribution in [2.45, 2.75) is 38.8 Å². The molecule has 106 valence electrons. The standard InChI is InChI=1S/C13H19FN2O3/c1-3-13(2,6-7-17)15-9-10-8-11(14)4-5-12(10)16(18)19/h4-5,8,15,17H,3,6-7,9H2,1-2H3. The Balaban J connectivity index is 2.87. The Labute approximate surface area is 111 Å². The van der Waals surface area contributed by atoms with E-state index < -0.39 is 10.7 Å². The summed E-state index contributed by atoms with van der Waals surface area (Å²) in [6.45, 7) is 4.11. The van der Waals surface area contributed by atoms with Crippen molar-refractivity contribution in [3.8, 4) is 0 Å². The molecule has 0 fully saturated rings. The third-order valence-corrected chi connectivity index (χ3v) is 3.39. The summed E-state index contributed by atoms with van der Waals surface area (Å²) in [4.78, 5) is 10.3. The van der Waals surface area contributed by atoms with E-state index in [1.807, 2.05) is 13.8 Å². The number of nitrogens with one attached hydrogen (secondary N) is 1. The molecule has 0 aromatic heterocycles. The number of rotatable bonds is 7. The minimum absolute atomic E-state index is 0.0303. The molecule has 5 nitrogen and oxygen atoms in total. The molecule has 19 heavy (non-hydrogen) atoms. The van der Waals surface area contributed by atoms with Crippen LogP contribution in [0.3, 0.4) is 0 Å². The van der Waals surface area contributed by atoms with Crippen LogP contribution in [0.25, 0.3) is 0 Å². The molecule has 1 atom stereocenters. The van der Waals surface area contributed by atoms with E-state index in [-0.39, 0.29) is 24.4 Å². The molecule has 0 saturated carbocycles. The number of aliphatic hydroxyl groups excluding tert-OH is 1. The lowest BCUT2D eigenvalue weighted by Gasteiger charge is -2.29. The van der Waals surface area contributed by atoms with Gasteiger partial charge in [-0.25, -0.2) is 4.39 Å². The molecule has 2 N–H and O–H groups in total. The van der Waals surface area contributed by atoms with Gasteiger partial charge in [-0.05, 0) is 31.9 Å². The minimum atomic E-state index is -0.522. The first kappa shape index (κ1) is 15.5. The molecule has 6 heteroatoms. The summed E-state index contributed by atoms with van der Waals surface area (Å²) in [6, 6.07) is 3.41. The summed E-state index contributed by atoms with van der Waals surface area (Å²) in [7, 11) is 0. The van der Waals surface area contributed by atoms with Crippen molar-refractivity contribution in [3.63, 3.8) is 0 Å². The number of nitro benzene ring substituents is 1. The van der Waals surface area contributed by atoms with Gasteiger partial charge in [-0.3, -0.25) is 10.1 Å². The first-order chi connectivity index (χ1) is 8.91. The first-order valence-electron chi connectivity index (χ1n) is 6.20. The topological polar surface area (TPSA) is 75.4 Å². The van der Waals surface area contributed by atoms with Crippen molar-refractivity contribution in [2.24, 2.45) is 0 Å². The highest BCUT2D eigenvalue weighted by Gasteiger charge is 2.22. The Bertz CT molecular complexity index is 454. The van der Waals surface area contributed by atoms with Gasteiger partial charge < -0.3 is 10.4 Å². The van der Waals surface area contributed by atoms with Crippen molar-refractivity contribution < 1.29 is 14.4 Å². The number of aliphatic hydroxyl groups is 1. The molecular weight excluding hydrogens is 251 g/mol. The van der Waals surface area contributed by atoms with Crippen molar-refractivity contribution in [1.29, 1.82) is 0 Å². The van der Waals surface area contributed by atoms with Crippen molar-refractivity contribution in [1.82, 2.24) is 5.32 Å². The van der Waals surface area contributed by atoms with Gasteiger partial charge in [0.15, 0.2) is 0 Å². The number of nitro groups is 1. The van der Waals surface area contributed by atoms with Crippen LogP contribution in [0.4, 0.5) is 10.1 Å². The molecular formula is C13H19FN2O3. The van der Waals surface area contributed by atoms with Crippen LogP contribution in [-0.2, 0) is 6.54 Å². The van der Waals surface area contributed by atoms with E-state index in [9.17, 15) is 14.5 Å². The summed E-state index contributed by atoms with van der Waals surface area (Å²) in [5.41, 5.74) is -0.117. The molecule has 0 amide bonds. The molecule has 1 aromatic rings. The highest BCUT2D eigenvalue weighted by Crippen LogP contribution is 2.21. The third kappa shape index (κ3) is 4.25. The van der Waals surface area contributed by atoms with E-state index in [0.29, 0.717) is 12.0 Å². The van der Waals surface area contributed by atoms with Crippen LogP contribution in [0.2, 0.25) is 0 Å². The van der Waals surface area contributed by atoms with Crippen LogP contribution in [0, 0.1) is 15.9 Å². The second kappa shape index (κ2) is 6.58. The summed E-state index contributed by atoms with van der Waals surface area (Å²) in [6.07, 6.45) is 1.29. The molecule has 1 rings (SSSR count). The number of halogens is 1. The predicted molar refractivity (Wildman–Crippen MR) is 70.3 cm³/mol. The minimum Gasteiger partial charge on any atom is -0.396 e. The van der Waals surface area contributed by atoms with Crippen LogP contribution < -0.4 is 5.32 Å². The molecule has 0 bridgehead atoms. The normalized spacial score (nSPS) is 14.1. The molecule has 0 aliphatic rings. The van der Waals surface area contributed by atoms with Gasteiger partial charge in [0.1, 0.15) is 5.82 Å². The highest BCUT2D eigenvalue weighted by molar-refractivity contribution is 5.40. The summed E-state index contributed by atoms with van der Waals surface area (Å²) in [5.74, 6) is -0.497. The lowest BCUT2D eigenvalue weighted by Crippen LogP contribution is -2.42. The maximum absolute atomic E-state index is 13.2. The SMILES string of the molecule is CCC(C)(CCO)NCc1cc(F)ccc1[N+](=O)[O-]. The average Bonchev–Trinajstić information content (AvgIpc) is 2.36. The summed E-state index contributed by atoms with van der Waals surface area (Å²) >= 11 is 0. The van der Waals surface area contributed by atoms with E-state index in [1.54, 1.807) is 0 Å².